The lowest BCUT2D eigenvalue weighted by Gasteiger charge is -2.26. The summed E-state index contributed by atoms with van der Waals surface area (Å²) in [6.07, 6.45) is 1.81. The predicted molar refractivity (Wildman–Crippen MR) is 73.6 cm³/mol. The van der Waals surface area contributed by atoms with Gasteiger partial charge in [-0.05, 0) is 38.8 Å². The number of nitrogens with two attached hydrogens (primary N) is 1. The summed E-state index contributed by atoms with van der Waals surface area (Å²) < 4.78 is 0. The maximum atomic E-state index is 11.9. The number of anilines is 1. The van der Waals surface area contributed by atoms with Gasteiger partial charge in [0.1, 0.15) is 0 Å². The first-order valence-corrected chi connectivity index (χ1v) is 6.38. The molecular formula is C14H21N3O. The lowest BCUT2D eigenvalue weighted by Crippen LogP contribution is -2.38. The zero-order valence-corrected chi connectivity index (χ0v) is 11.0. The van der Waals surface area contributed by atoms with Crippen molar-refractivity contribution in [1.29, 1.82) is 0 Å². The van der Waals surface area contributed by atoms with E-state index in [4.69, 9.17) is 5.73 Å². The van der Waals surface area contributed by atoms with Crippen molar-refractivity contribution < 1.29 is 4.79 Å². The Hall–Kier alpha value is -1.55. The molecule has 0 aliphatic carbocycles. The van der Waals surface area contributed by atoms with Crippen molar-refractivity contribution in [3.63, 3.8) is 0 Å². The molecule has 1 fully saturated rings. The Bertz CT molecular complexity index is 411. The first kappa shape index (κ1) is 12.9. The van der Waals surface area contributed by atoms with E-state index in [9.17, 15) is 4.79 Å². The molecule has 98 valence electrons. The fourth-order valence-electron chi connectivity index (χ4n) is 2.23. The number of nitrogens with one attached hydrogen (secondary N) is 1. The molecule has 0 spiro atoms. The van der Waals surface area contributed by atoms with Crippen LogP contribution in [-0.2, 0) is 0 Å². The van der Waals surface area contributed by atoms with Crippen LogP contribution >= 0.6 is 0 Å². The SMILES string of the molecule is CC(C)(N)CCC1CNC(=O)N1c1ccccc1. The molecule has 1 atom stereocenters. The van der Waals surface area contributed by atoms with Gasteiger partial charge in [0.05, 0.1) is 6.04 Å². The molecule has 1 aromatic carbocycles. The van der Waals surface area contributed by atoms with Crippen LogP contribution in [0.1, 0.15) is 26.7 Å². The van der Waals surface area contributed by atoms with Crippen LogP contribution in [0.3, 0.4) is 0 Å². The van der Waals surface area contributed by atoms with Crippen LogP contribution in [0.5, 0.6) is 0 Å². The van der Waals surface area contributed by atoms with Gasteiger partial charge in [0.25, 0.3) is 0 Å². The minimum Gasteiger partial charge on any atom is -0.336 e. The third-order valence-electron chi connectivity index (χ3n) is 3.23. The van der Waals surface area contributed by atoms with Gasteiger partial charge < -0.3 is 11.1 Å². The average Bonchev–Trinajstić information content (AvgIpc) is 2.68. The Morgan fingerprint density at radius 3 is 2.67 bits per heavy atom. The molecule has 2 rings (SSSR count). The standard InChI is InChI=1S/C14H21N3O/c1-14(2,15)9-8-12-10-16-13(18)17(12)11-6-4-3-5-7-11/h3-7,12H,8-10,15H2,1-2H3,(H,16,18). The van der Waals surface area contributed by atoms with Gasteiger partial charge in [0, 0.05) is 17.8 Å². The highest BCUT2D eigenvalue weighted by Gasteiger charge is 2.32. The fraction of sp³-hybridized carbons (Fsp3) is 0.500. The van der Waals surface area contributed by atoms with Crippen molar-refractivity contribution in [2.75, 3.05) is 11.4 Å². The summed E-state index contributed by atoms with van der Waals surface area (Å²) in [6, 6.07) is 9.96. The number of amides is 2. The van der Waals surface area contributed by atoms with Crippen LogP contribution in [0, 0.1) is 0 Å². The molecule has 1 heterocycles. The lowest BCUT2D eigenvalue weighted by atomic mass is 9.96. The molecule has 1 saturated heterocycles. The Morgan fingerprint density at radius 2 is 2.06 bits per heavy atom. The van der Waals surface area contributed by atoms with Crippen LogP contribution in [0.2, 0.25) is 0 Å². The Morgan fingerprint density at radius 1 is 1.39 bits per heavy atom. The molecule has 0 radical (unpaired) electrons. The Kier molecular flexibility index (Phi) is 3.57. The molecule has 1 unspecified atom stereocenters. The quantitative estimate of drug-likeness (QED) is 0.856. The Balaban J connectivity index is 2.09. The highest BCUT2D eigenvalue weighted by molar-refractivity contribution is 5.94. The first-order chi connectivity index (χ1) is 8.47. The molecule has 18 heavy (non-hydrogen) atoms. The van der Waals surface area contributed by atoms with Gasteiger partial charge >= 0.3 is 6.03 Å². The highest BCUT2D eigenvalue weighted by atomic mass is 16.2. The van der Waals surface area contributed by atoms with Crippen LogP contribution in [-0.4, -0.2) is 24.2 Å². The molecule has 3 N–H and O–H groups in total. The van der Waals surface area contributed by atoms with E-state index in [1.165, 1.54) is 0 Å². The highest BCUT2D eigenvalue weighted by Crippen LogP contribution is 2.24. The Labute approximate surface area is 108 Å². The third-order valence-corrected chi connectivity index (χ3v) is 3.23. The summed E-state index contributed by atoms with van der Waals surface area (Å²) in [5, 5.41) is 2.90. The molecule has 0 bridgehead atoms. The van der Waals surface area contributed by atoms with Crippen LogP contribution in [0.25, 0.3) is 0 Å². The summed E-state index contributed by atoms with van der Waals surface area (Å²) in [5.41, 5.74) is 6.77. The second kappa shape index (κ2) is 4.98. The van der Waals surface area contributed by atoms with Gasteiger partial charge in [0.15, 0.2) is 0 Å². The number of hydrogen-bond acceptors (Lipinski definition) is 2. The molecule has 1 aliphatic rings. The van der Waals surface area contributed by atoms with Gasteiger partial charge in [-0.2, -0.15) is 0 Å². The number of hydrogen-bond donors (Lipinski definition) is 2. The summed E-state index contributed by atoms with van der Waals surface area (Å²) in [5.74, 6) is 0. The van der Waals surface area contributed by atoms with Gasteiger partial charge in [0.2, 0.25) is 0 Å². The molecule has 1 aromatic rings. The van der Waals surface area contributed by atoms with Crippen LogP contribution in [0.15, 0.2) is 30.3 Å². The van der Waals surface area contributed by atoms with Crippen molar-refractivity contribution >= 4 is 11.7 Å². The van der Waals surface area contributed by atoms with Crippen LogP contribution < -0.4 is 16.0 Å². The number of nitrogens with zero attached hydrogens (tertiary/aromatic N) is 1. The van der Waals surface area contributed by atoms with Gasteiger partial charge in [-0.1, -0.05) is 18.2 Å². The topological polar surface area (TPSA) is 58.4 Å². The molecule has 0 saturated carbocycles. The largest absolute Gasteiger partial charge is 0.336 e. The summed E-state index contributed by atoms with van der Waals surface area (Å²) in [6.45, 7) is 4.73. The summed E-state index contributed by atoms with van der Waals surface area (Å²) >= 11 is 0. The van der Waals surface area contributed by atoms with Gasteiger partial charge in [-0.25, -0.2) is 4.79 Å². The molecule has 2 amide bonds. The summed E-state index contributed by atoms with van der Waals surface area (Å²) in [7, 11) is 0. The second-order valence-corrected chi connectivity index (χ2v) is 5.57. The first-order valence-electron chi connectivity index (χ1n) is 6.38. The monoisotopic (exact) mass is 247 g/mol. The van der Waals surface area contributed by atoms with E-state index in [-0.39, 0.29) is 17.6 Å². The van der Waals surface area contributed by atoms with Crippen molar-refractivity contribution in [2.24, 2.45) is 5.73 Å². The second-order valence-electron chi connectivity index (χ2n) is 5.57. The maximum absolute atomic E-state index is 11.9. The van der Waals surface area contributed by atoms with E-state index in [2.05, 4.69) is 5.32 Å². The van der Waals surface area contributed by atoms with Crippen molar-refractivity contribution in [2.45, 2.75) is 38.3 Å². The van der Waals surface area contributed by atoms with E-state index >= 15 is 0 Å². The third kappa shape index (κ3) is 3.01. The molecule has 4 heteroatoms. The number of carbonyl (C=O) groups is 1. The smallest absolute Gasteiger partial charge is 0.322 e. The predicted octanol–water partition coefficient (Wildman–Crippen LogP) is 2.10. The van der Waals surface area contributed by atoms with E-state index < -0.39 is 0 Å². The van der Waals surface area contributed by atoms with E-state index in [1.54, 1.807) is 0 Å². The number of carbonyl (C=O) groups excluding carboxylic acids is 1. The molecular weight excluding hydrogens is 226 g/mol. The maximum Gasteiger partial charge on any atom is 0.322 e. The fourth-order valence-corrected chi connectivity index (χ4v) is 2.23. The van der Waals surface area contributed by atoms with Crippen molar-refractivity contribution in [3.8, 4) is 0 Å². The van der Waals surface area contributed by atoms with Gasteiger partial charge in [-0.3, -0.25) is 4.90 Å². The number of para-hydroxylation sites is 1. The summed E-state index contributed by atoms with van der Waals surface area (Å²) in [4.78, 5) is 13.7. The number of rotatable bonds is 4. The number of benzene rings is 1. The molecule has 1 aliphatic heterocycles. The minimum absolute atomic E-state index is 0.0129. The molecule has 0 aromatic heterocycles. The normalized spacial score (nSPS) is 20.1. The zero-order valence-electron chi connectivity index (χ0n) is 11.0. The number of urea groups is 1. The van der Waals surface area contributed by atoms with Crippen molar-refractivity contribution in [1.82, 2.24) is 5.32 Å². The lowest BCUT2D eigenvalue weighted by molar-refractivity contribution is 0.251. The zero-order chi connectivity index (χ0) is 13.2. The van der Waals surface area contributed by atoms with E-state index in [0.29, 0.717) is 6.54 Å². The average molecular weight is 247 g/mol. The van der Waals surface area contributed by atoms with Crippen molar-refractivity contribution in [3.05, 3.63) is 30.3 Å². The van der Waals surface area contributed by atoms with Crippen LogP contribution in [0.4, 0.5) is 10.5 Å². The molecule has 4 nitrogen and oxygen atoms in total. The van der Waals surface area contributed by atoms with Gasteiger partial charge in [-0.15, -0.1) is 0 Å². The van der Waals surface area contributed by atoms with E-state index in [0.717, 1.165) is 18.5 Å². The van der Waals surface area contributed by atoms with E-state index in [1.807, 2.05) is 49.1 Å². The minimum atomic E-state index is -0.187.